The topological polar surface area (TPSA) is 111 Å². The van der Waals surface area contributed by atoms with Crippen molar-refractivity contribution < 1.29 is 42.9 Å². The lowest BCUT2D eigenvalue weighted by atomic mass is 10.0. The Kier molecular flexibility index (Phi) is 44.7. The number of rotatable bonds is 49. The van der Waals surface area contributed by atoms with Gasteiger partial charge in [-0.2, -0.15) is 0 Å². The lowest BCUT2D eigenvalue weighted by Gasteiger charge is -2.26. The molecule has 2 unspecified atom stereocenters. The van der Waals surface area contributed by atoms with Crippen molar-refractivity contribution in [3.8, 4) is 0 Å². The molecule has 0 rings (SSSR count). The molecule has 0 aliphatic rings. The molecule has 0 aromatic rings. The summed E-state index contributed by atoms with van der Waals surface area (Å²) < 4.78 is 22.6. The first-order valence-corrected chi connectivity index (χ1v) is 26.5. The number of carboxylic acids is 1. The molecular weight excluding hydrogens is 791 g/mol. The SMILES string of the molecule is CCCCC/C=C\C/C=C\CCCCCCCC(=O)OC(COC(=O)CCCCCCCCCCCCCCCCCCCCCCCCC)COC(OCC[N+](C)(C)C)C(=O)[O-]. The van der Waals surface area contributed by atoms with E-state index < -0.39 is 24.3 Å². The molecule has 0 bridgehead atoms. The number of ether oxygens (including phenoxy) is 4. The highest BCUT2D eigenvalue weighted by Gasteiger charge is 2.22. The van der Waals surface area contributed by atoms with E-state index in [4.69, 9.17) is 18.9 Å². The second-order valence-corrected chi connectivity index (χ2v) is 19.2. The standard InChI is InChI=1S/C54H101NO8/c1-6-8-10-12-14-16-18-20-22-23-24-25-26-27-28-29-31-32-34-36-38-40-42-44-51(56)61-48-50(49-62-54(53(58)59)60-47-46-55(3,4)5)63-52(57)45-43-41-39-37-35-33-30-21-19-17-15-13-11-9-7-2/h15,17,21,30,50,54H,6-14,16,18-20,22-29,31-49H2,1-5H3/b17-15-,30-21-. The minimum Gasteiger partial charge on any atom is -0.545 e. The first kappa shape index (κ1) is 60.8. The van der Waals surface area contributed by atoms with E-state index in [9.17, 15) is 19.5 Å². The van der Waals surface area contributed by atoms with Gasteiger partial charge in [0, 0.05) is 12.8 Å². The number of aliphatic carboxylic acids is 1. The third kappa shape index (κ3) is 47.5. The Labute approximate surface area is 388 Å². The highest BCUT2D eigenvalue weighted by atomic mass is 16.7. The zero-order valence-corrected chi connectivity index (χ0v) is 42.0. The van der Waals surface area contributed by atoms with Crippen molar-refractivity contribution in [2.45, 2.75) is 257 Å². The second kappa shape index (κ2) is 46.3. The van der Waals surface area contributed by atoms with Crippen LogP contribution in [0.2, 0.25) is 0 Å². The maximum Gasteiger partial charge on any atom is 0.306 e. The third-order valence-corrected chi connectivity index (χ3v) is 11.7. The van der Waals surface area contributed by atoms with Gasteiger partial charge in [0.05, 0.1) is 40.3 Å². The summed E-state index contributed by atoms with van der Waals surface area (Å²) in [4.78, 5) is 37.1. The second-order valence-electron chi connectivity index (χ2n) is 19.2. The summed E-state index contributed by atoms with van der Waals surface area (Å²) in [5, 5.41) is 11.7. The highest BCUT2D eigenvalue weighted by molar-refractivity contribution is 5.70. The number of likely N-dealkylation sites (N-methyl/N-ethyl adjacent to an activating group) is 1. The number of nitrogens with zero attached hydrogens (tertiary/aromatic N) is 1. The summed E-state index contributed by atoms with van der Waals surface area (Å²) in [5.41, 5.74) is 0. The van der Waals surface area contributed by atoms with Crippen LogP contribution in [0.1, 0.15) is 245 Å². The van der Waals surface area contributed by atoms with Crippen molar-refractivity contribution in [1.29, 1.82) is 0 Å². The van der Waals surface area contributed by atoms with Gasteiger partial charge in [-0.1, -0.05) is 212 Å². The van der Waals surface area contributed by atoms with Gasteiger partial charge in [0.1, 0.15) is 13.2 Å². The quantitative estimate of drug-likeness (QED) is 0.0195. The van der Waals surface area contributed by atoms with Crippen LogP contribution < -0.4 is 5.11 Å². The first-order valence-electron chi connectivity index (χ1n) is 26.5. The molecule has 0 radical (unpaired) electrons. The van der Waals surface area contributed by atoms with Crippen LogP contribution in [0.15, 0.2) is 24.3 Å². The largest absolute Gasteiger partial charge is 0.545 e. The lowest BCUT2D eigenvalue weighted by Crippen LogP contribution is -2.44. The van der Waals surface area contributed by atoms with Crippen molar-refractivity contribution in [3.63, 3.8) is 0 Å². The van der Waals surface area contributed by atoms with Gasteiger partial charge in [-0.15, -0.1) is 0 Å². The lowest BCUT2D eigenvalue weighted by molar-refractivity contribution is -0.870. The van der Waals surface area contributed by atoms with Crippen molar-refractivity contribution in [2.24, 2.45) is 0 Å². The van der Waals surface area contributed by atoms with Crippen molar-refractivity contribution in [3.05, 3.63) is 24.3 Å². The molecule has 0 aliphatic carbocycles. The zero-order valence-electron chi connectivity index (χ0n) is 42.0. The van der Waals surface area contributed by atoms with E-state index in [0.29, 0.717) is 23.9 Å². The fourth-order valence-electron chi connectivity index (χ4n) is 7.57. The van der Waals surface area contributed by atoms with Crippen molar-refractivity contribution >= 4 is 17.9 Å². The number of hydrogen-bond acceptors (Lipinski definition) is 8. The molecule has 0 N–H and O–H groups in total. The van der Waals surface area contributed by atoms with Gasteiger partial charge in [-0.3, -0.25) is 9.59 Å². The monoisotopic (exact) mass is 892 g/mol. The number of hydrogen-bond donors (Lipinski definition) is 0. The van der Waals surface area contributed by atoms with Gasteiger partial charge in [-0.25, -0.2) is 0 Å². The van der Waals surface area contributed by atoms with E-state index in [1.54, 1.807) is 0 Å². The maximum absolute atomic E-state index is 12.8. The summed E-state index contributed by atoms with van der Waals surface area (Å²) in [6.07, 6.45) is 49.3. The molecule has 0 fully saturated rings. The van der Waals surface area contributed by atoms with Gasteiger partial charge in [-0.05, 0) is 44.9 Å². The molecule has 0 spiro atoms. The molecule has 2 atom stereocenters. The van der Waals surface area contributed by atoms with Crippen LogP contribution >= 0.6 is 0 Å². The van der Waals surface area contributed by atoms with Crippen LogP contribution in [-0.4, -0.2) is 82.3 Å². The van der Waals surface area contributed by atoms with E-state index in [0.717, 1.165) is 57.8 Å². The molecule has 63 heavy (non-hydrogen) atoms. The molecule has 9 nitrogen and oxygen atoms in total. The average Bonchev–Trinajstić information content (AvgIpc) is 3.24. The molecular formula is C54H101NO8. The molecule has 0 aromatic carbocycles. The predicted octanol–water partition coefficient (Wildman–Crippen LogP) is 13.5. The Bertz CT molecular complexity index is 1090. The number of carbonyl (C=O) groups is 3. The van der Waals surface area contributed by atoms with E-state index >= 15 is 0 Å². The summed E-state index contributed by atoms with van der Waals surface area (Å²) in [6, 6.07) is 0. The van der Waals surface area contributed by atoms with E-state index in [1.807, 2.05) is 21.1 Å². The van der Waals surface area contributed by atoms with Crippen LogP contribution in [0.25, 0.3) is 0 Å². The van der Waals surface area contributed by atoms with Crippen LogP contribution in [0, 0.1) is 0 Å². The number of carbonyl (C=O) groups excluding carboxylic acids is 3. The van der Waals surface area contributed by atoms with Crippen LogP contribution in [0.4, 0.5) is 0 Å². The number of allylic oxidation sites excluding steroid dienone is 4. The smallest absolute Gasteiger partial charge is 0.306 e. The van der Waals surface area contributed by atoms with Crippen LogP contribution in [0.3, 0.4) is 0 Å². The molecule has 0 heterocycles. The molecule has 370 valence electrons. The van der Waals surface area contributed by atoms with Gasteiger partial charge >= 0.3 is 11.9 Å². The van der Waals surface area contributed by atoms with Crippen LogP contribution in [-0.2, 0) is 33.3 Å². The third-order valence-electron chi connectivity index (χ3n) is 11.7. The Morgan fingerprint density at radius 2 is 0.857 bits per heavy atom. The molecule has 0 saturated carbocycles. The fourth-order valence-corrected chi connectivity index (χ4v) is 7.57. The zero-order chi connectivity index (χ0) is 46.3. The molecule has 0 saturated heterocycles. The summed E-state index contributed by atoms with van der Waals surface area (Å²) in [5.74, 6) is -2.29. The molecule has 0 aliphatic heterocycles. The summed E-state index contributed by atoms with van der Waals surface area (Å²) in [6.45, 7) is 4.73. The normalized spacial score (nSPS) is 13.0. The number of carboxylic acid groups (broad SMARTS) is 1. The number of quaternary nitrogens is 1. The first-order chi connectivity index (χ1) is 30.6. The van der Waals surface area contributed by atoms with Crippen LogP contribution in [0.5, 0.6) is 0 Å². The van der Waals surface area contributed by atoms with Gasteiger partial charge in [0.2, 0.25) is 0 Å². The van der Waals surface area contributed by atoms with Crippen molar-refractivity contribution in [2.75, 3.05) is 47.5 Å². The van der Waals surface area contributed by atoms with Gasteiger partial charge < -0.3 is 33.3 Å². The Morgan fingerprint density at radius 1 is 0.476 bits per heavy atom. The Balaban J connectivity index is 4.25. The number of esters is 2. The maximum atomic E-state index is 12.8. The summed E-state index contributed by atoms with van der Waals surface area (Å²) >= 11 is 0. The van der Waals surface area contributed by atoms with Crippen molar-refractivity contribution in [1.82, 2.24) is 0 Å². The van der Waals surface area contributed by atoms with E-state index in [1.165, 1.54) is 154 Å². The average molecular weight is 892 g/mol. The minimum atomic E-state index is -1.62. The Hall–Kier alpha value is -2.23. The minimum absolute atomic E-state index is 0.147. The summed E-state index contributed by atoms with van der Waals surface area (Å²) in [7, 11) is 5.91. The molecule has 0 aromatic heterocycles. The fraction of sp³-hybridized carbons (Fsp3) is 0.870. The van der Waals surface area contributed by atoms with Gasteiger partial charge in [0.25, 0.3) is 0 Å². The number of unbranched alkanes of at least 4 members (excludes halogenated alkanes) is 30. The molecule has 9 heteroatoms. The predicted molar refractivity (Wildman–Crippen MR) is 260 cm³/mol. The van der Waals surface area contributed by atoms with Gasteiger partial charge in [0.15, 0.2) is 12.4 Å². The molecule has 0 amide bonds. The van der Waals surface area contributed by atoms with E-state index in [2.05, 4.69) is 38.2 Å². The van der Waals surface area contributed by atoms with E-state index in [-0.39, 0.29) is 32.2 Å². The Morgan fingerprint density at radius 3 is 1.29 bits per heavy atom. The highest BCUT2D eigenvalue weighted by Crippen LogP contribution is 2.16.